The number of esters is 1. The van der Waals surface area contributed by atoms with Gasteiger partial charge >= 0.3 is 5.97 Å². The number of aliphatic hydroxyl groups excluding tert-OH is 2. The molecule has 0 fully saturated rings. The lowest BCUT2D eigenvalue weighted by molar-refractivity contribution is -0.143. The molecule has 0 aliphatic rings. The van der Waals surface area contributed by atoms with Crippen LogP contribution in [-0.4, -0.2) is 47.4 Å². The highest BCUT2D eigenvalue weighted by molar-refractivity contribution is 5.76. The lowest BCUT2D eigenvalue weighted by atomic mass is 10.0. The van der Waals surface area contributed by atoms with Gasteiger partial charge in [-0.25, -0.2) is 0 Å². The summed E-state index contributed by atoms with van der Waals surface area (Å²) in [5, 5.41) is 23.1. The van der Waals surface area contributed by atoms with Crippen molar-refractivity contribution in [3.63, 3.8) is 0 Å². The SMILES string of the molecule is CCCCCCCCCCCCCCCCC(=O)OCCCCCCCCCCC/C=C\CCCCCCCCCC(=O)NC(CO)C(O)CCCCCCCCCCCC. The lowest BCUT2D eigenvalue weighted by Crippen LogP contribution is -2.45. The number of amides is 1. The maximum Gasteiger partial charge on any atom is 0.305 e. The average Bonchev–Trinajstić information content (AvgIpc) is 3.26. The minimum Gasteiger partial charge on any atom is -0.466 e. The Hall–Kier alpha value is -1.40. The molecule has 0 aliphatic carbocycles. The van der Waals surface area contributed by atoms with E-state index in [9.17, 15) is 19.8 Å². The van der Waals surface area contributed by atoms with E-state index in [0.29, 0.717) is 25.9 Å². The third-order valence-corrected chi connectivity index (χ3v) is 12.8. The van der Waals surface area contributed by atoms with E-state index in [0.717, 1.165) is 38.5 Å². The van der Waals surface area contributed by atoms with E-state index in [2.05, 4.69) is 31.3 Å². The number of allylic oxidation sites excluding steroid dienone is 2. The van der Waals surface area contributed by atoms with Crippen LogP contribution in [0.3, 0.4) is 0 Å². The summed E-state index contributed by atoms with van der Waals surface area (Å²) in [5.74, 6) is -0.0360. The van der Waals surface area contributed by atoms with E-state index in [1.165, 1.54) is 231 Å². The molecule has 0 aromatic carbocycles. The molecule has 2 unspecified atom stereocenters. The van der Waals surface area contributed by atoms with Gasteiger partial charge in [0.05, 0.1) is 25.4 Å². The standard InChI is InChI=1S/C55H107NO5/c1-3-5-7-9-11-13-15-16-26-29-33-37-41-45-49-55(60)61-50-46-42-38-34-30-27-24-22-20-18-17-19-21-23-25-28-32-36-40-44-48-54(59)56-52(51-57)53(58)47-43-39-35-31-14-12-10-8-6-4-2/h17,19,52-53,57-58H,3-16,18,20-51H2,1-2H3,(H,56,59)/b19-17-. The van der Waals surface area contributed by atoms with E-state index in [4.69, 9.17) is 4.74 Å². The van der Waals surface area contributed by atoms with Gasteiger partial charge in [-0.1, -0.05) is 251 Å². The molecule has 0 radical (unpaired) electrons. The molecule has 3 N–H and O–H groups in total. The molecule has 0 aliphatic heterocycles. The van der Waals surface area contributed by atoms with Crippen molar-refractivity contribution >= 4 is 11.9 Å². The molecule has 0 saturated carbocycles. The third kappa shape index (κ3) is 47.9. The average molecular weight is 862 g/mol. The summed E-state index contributed by atoms with van der Waals surface area (Å²) in [7, 11) is 0. The van der Waals surface area contributed by atoms with Crippen molar-refractivity contribution in [3.05, 3.63) is 12.2 Å². The van der Waals surface area contributed by atoms with Crippen LogP contribution in [0.1, 0.15) is 303 Å². The fraction of sp³-hybridized carbons (Fsp3) is 0.927. The number of unbranched alkanes of at least 4 members (excludes halogenated alkanes) is 38. The summed E-state index contributed by atoms with van der Waals surface area (Å²) >= 11 is 0. The molecule has 0 heterocycles. The van der Waals surface area contributed by atoms with Crippen LogP contribution in [0.2, 0.25) is 0 Å². The largest absolute Gasteiger partial charge is 0.466 e. The van der Waals surface area contributed by atoms with Gasteiger partial charge in [0.2, 0.25) is 5.91 Å². The summed E-state index contributed by atoms with van der Waals surface area (Å²) in [6.45, 7) is 4.94. The van der Waals surface area contributed by atoms with Gasteiger partial charge in [0.25, 0.3) is 0 Å². The molecular weight excluding hydrogens is 755 g/mol. The molecule has 0 rings (SSSR count). The van der Waals surface area contributed by atoms with E-state index in [-0.39, 0.29) is 18.5 Å². The number of rotatable bonds is 51. The molecule has 0 spiro atoms. The highest BCUT2D eigenvalue weighted by Gasteiger charge is 2.20. The van der Waals surface area contributed by atoms with Crippen molar-refractivity contribution in [3.8, 4) is 0 Å². The molecule has 0 aromatic heterocycles. The maximum atomic E-state index is 12.4. The Morgan fingerprint density at radius 2 is 0.770 bits per heavy atom. The zero-order chi connectivity index (χ0) is 44.4. The van der Waals surface area contributed by atoms with Gasteiger partial charge < -0.3 is 20.3 Å². The molecule has 1 amide bonds. The van der Waals surface area contributed by atoms with Gasteiger partial charge in [0, 0.05) is 12.8 Å². The maximum absolute atomic E-state index is 12.4. The second kappa shape index (κ2) is 51.2. The number of aliphatic hydroxyl groups is 2. The monoisotopic (exact) mass is 862 g/mol. The van der Waals surface area contributed by atoms with Crippen molar-refractivity contribution in [2.45, 2.75) is 315 Å². The highest BCUT2D eigenvalue weighted by Crippen LogP contribution is 2.17. The van der Waals surface area contributed by atoms with Crippen LogP contribution in [0, 0.1) is 0 Å². The smallest absolute Gasteiger partial charge is 0.305 e. The van der Waals surface area contributed by atoms with E-state index >= 15 is 0 Å². The second-order valence-corrected chi connectivity index (χ2v) is 18.9. The van der Waals surface area contributed by atoms with Crippen molar-refractivity contribution in [1.82, 2.24) is 5.32 Å². The number of ether oxygens (including phenoxy) is 1. The number of nitrogens with one attached hydrogen (secondary N) is 1. The first-order valence-corrected chi connectivity index (χ1v) is 27.4. The number of hydrogen-bond acceptors (Lipinski definition) is 5. The zero-order valence-electron chi connectivity index (χ0n) is 41.2. The molecule has 0 bridgehead atoms. The van der Waals surface area contributed by atoms with Crippen molar-refractivity contribution in [2.75, 3.05) is 13.2 Å². The number of hydrogen-bond donors (Lipinski definition) is 3. The first-order chi connectivity index (χ1) is 30.0. The summed E-state index contributed by atoms with van der Waals surface area (Å²) in [6.07, 6.45) is 59.1. The van der Waals surface area contributed by atoms with Gasteiger partial charge in [0.1, 0.15) is 0 Å². The summed E-state index contributed by atoms with van der Waals surface area (Å²) < 4.78 is 5.47. The summed E-state index contributed by atoms with van der Waals surface area (Å²) in [4.78, 5) is 24.4. The Morgan fingerprint density at radius 3 is 1.16 bits per heavy atom. The van der Waals surface area contributed by atoms with Gasteiger partial charge in [-0.15, -0.1) is 0 Å². The Bertz CT molecular complexity index is 909. The first-order valence-electron chi connectivity index (χ1n) is 27.4. The Balaban J connectivity index is 3.40. The first kappa shape index (κ1) is 59.6. The van der Waals surface area contributed by atoms with E-state index in [1.807, 2.05) is 0 Å². The molecule has 6 nitrogen and oxygen atoms in total. The minimum absolute atomic E-state index is 0.00857. The fourth-order valence-electron chi connectivity index (χ4n) is 8.58. The fourth-order valence-corrected chi connectivity index (χ4v) is 8.58. The van der Waals surface area contributed by atoms with Crippen molar-refractivity contribution in [1.29, 1.82) is 0 Å². The van der Waals surface area contributed by atoms with Gasteiger partial charge in [-0.05, 0) is 51.4 Å². The molecule has 0 saturated heterocycles. The molecule has 61 heavy (non-hydrogen) atoms. The Kier molecular flexibility index (Phi) is 50.1. The van der Waals surface area contributed by atoms with Crippen molar-refractivity contribution in [2.24, 2.45) is 0 Å². The van der Waals surface area contributed by atoms with Crippen LogP contribution < -0.4 is 5.32 Å². The zero-order valence-corrected chi connectivity index (χ0v) is 41.2. The van der Waals surface area contributed by atoms with Crippen LogP contribution in [-0.2, 0) is 14.3 Å². The van der Waals surface area contributed by atoms with Gasteiger partial charge in [0.15, 0.2) is 0 Å². The quantitative estimate of drug-likeness (QED) is 0.0322. The van der Waals surface area contributed by atoms with Gasteiger partial charge in [-0.3, -0.25) is 9.59 Å². The van der Waals surface area contributed by atoms with Crippen LogP contribution in [0.5, 0.6) is 0 Å². The topological polar surface area (TPSA) is 95.9 Å². The lowest BCUT2D eigenvalue weighted by Gasteiger charge is -2.22. The predicted molar refractivity (Wildman–Crippen MR) is 264 cm³/mol. The highest BCUT2D eigenvalue weighted by atomic mass is 16.5. The summed E-state index contributed by atoms with van der Waals surface area (Å²) in [6, 6.07) is -0.545. The number of carbonyl (C=O) groups excluding carboxylic acids is 2. The number of carbonyl (C=O) groups is 2. The molecule has 362 valence electrons. The summed E-state index contributed by atoms with van der Waals surface area (Å²) in [5.41, 5.74) is 0. The molecule has 6 heteroatoms. The van der Waals surface area contributed by atoms with Crippen molar-refractivity contribution < 1.29 is 24.5 Å². The third-order valence-electron chi connectivity index (χ3n) is 12.8. The van der Waals surface area contributed by atoms with E-state index in [1.54, 1.807) is 0 Å². The van der Waals surface area contributed by atoms with Crippen LogP contribution in [0.25, 0.3) is 0 Å². The normalized spacial score (nSPS) is 12.7. The van der Waals surface area contributed by atoms with Gasteiger partial charge in [-0.2, -0.15) is 0 Å². The molecule has 0 aromatic rings. The molecule has 2 atom stereocenters. The Labute approximate surface area is 380 Å². The Morgan fingerprint density at radius 1 is 0.443 bits per heavy atom. The minimum atomic E-state index is -0.667. The van der Waals surface area contributed by atoms with Crippen LogP contribution >= 0.6 is 0 Å². The van der Waals surface area contributed by atoms with Crippen LogP contribution in [0.15, 0.2) is 12.2 Å². The predicted octanol–water partition coefficient (Wildman–Crippen LogP) is 16.5. The van der Waals surface area contributed by atoms with E-state index < -0.39 is 12.1 Å². The second-order valence-electron chi connectivity index (χ2n) is 18.9. The van der Waals surface area contributed by atoms with Crippen LogP contribution in [0.4, 0.5) is 0 Å². The molecular formula is C55H107NO5.